The molecule has 1 atom stereocenters. The van der Waals surface area contributed by atoms with E-state index in [1.54, 1.807) is 0 Å². The van der Waals surface area contributed by atoms with Crippen LogP contribution in [0, 0.1) is 5.92 Å². The van der Waals surface area contributed by atoms with Crippen molar-refractivity contribution in [3.63, 3.8) is 0 Å². The summed E-state index contributed by atoms with van der Waals surface area (Å²) in [5.74, 6) is 0.440. The van der Waals surface area contributed by atoms with E-state index < -0.39 is 0 Å². The molecule has 0 heterocycles. The summed E-state index contributed by atoms with van der Waals surface area (Å²) >= 11 is 0. The van der Waals surface area contributed by atoms with E-state index in [0.717, 1.165) is 25.9 Å². The number of rotatable bonds is 19. The Labute approximate surface area is 301 Å². The first kappa shape index (κ1) is 58.9. The minimum Gasteiger partial charge on any atom is -0.396 e. The van der Waals surface area contributed by atoms with Gasteiger partial charge in [0, 0.05) is 30.8 Å². The van der Waals surface area contributed by atoms with Crippen molar-refractivity contribution >= 4 is 0 Å². The van der Waals surface area contributed by atoms with Gasteiger partial charge in [-0.3, -0.25) is 9.80 Å². The zero-order valence-electron chi connectivity index (χ0n) is 36.8. The summed E-state index contributed by atoms with van der Waals surface area (Å²) in [6.07, 6.45) is 7.05. The van der Waals surface area contributed by atoms with Gasteiger partial charge < -0.3 is 20.0 Å². The Hall–Kier alpha value is -0.240. The minimum atomic E-state index is -0.102. The minimum absolute atomic E-state index is 0.102. The van der Waals surface area contributed by atoms with Gasteiger partial charge in [-0.15, -0.1) is 0 Å². The molecule has 0 spiro atoms. The van der Waals surface area contributed by atoms with Crippen LogP contribution in [0.4, 0.5) is 0 Å². The lowest BCUT2D eigenvalue weighted by molar-refractivity contribution is 0.183. The van der Waals surface area contributed by atoms with Gasteiger partial charge in [0.05, 0.1) is 6.10 Å². The standard InChI is InChI=1S/4C8H19N.C5H12O.C4H10O/c2*1-6-9(7(2)3)8(4)5;2*1-4-7-9(6-3)8-5-2;1-3-4-5(2)6;1-4(2)3-5/h2*7-8H,6H2,1-5H3;2*4-8H2,1-3H3;5-6H,3-4H2,1-2H3;4-5H,3H2,1-2H3. The maximum Gasteiger partial charge on any atom is 0.0512 e. The molecule has 0 amide bonds. The van der Waals surface area contributed by atoms with Crippen molar-refractivity contribution in [1.82, 2.24) is 19.6 Å². The SMILES string of the molecule is CC(C)CO.CCCC(C)O.CCCN(CC)CCC.CCCN(CC)CCC.CCN(C(C)C)C(C)C.CCN(C(C)C)C(C)C. The molecule has 0 fully saturated rings. The third kappa shape index (κ3) is 52.7. The molecule has 0 aromatic rings. The van der Waals surface area contributed by atoms with E-state index in [9.17, 15) is 0 Å². The van der Waals surface area contributed by atoms with Gasteiger partial charge in [-0.2, -0.15) is 0 Å². The van der Waals surface area contributed by atoms with Crippen LogP contribution in [0.3, 0.4) is 0 Å². The van der Waals surface area contributed by atoms with Crippen LogP contribution in [0.15, 0.2) is 0 Å². The molecule has 0 aromatic carbocycles. The monoisotopic (exact) mass is 679 g/mol. The van der Waals surface area contributed by atoms with Gasteiger partial charge in [-0.1, -0.05) is 82.6 Å². The van der Waals surface area contributed by atoms with Gasteiger partial charge in [0.2, 0.25) is 0 Å². The fraction of sp³-hybridized carbons (Fsp3) is 1.00. The molecule has 0 saturated carbocycles. The van der Waals surface area contributed by atoms with Crippen LogP contribution in [-0.4, -0.2) is 119 Å². The Morgan fingerprint density at radius 3 is 0.681 bits per heavy atom. The Bertz CT molecular complexity index is 450. The van der Waals surface area contributed by atoms with Crippen molar-refractivity contribution in [2.75, 3.05) is 59.0 Å². The smallest absolute Gasteiger partial charge is 0.0512 e. The molecule has 0 radical (unpaired) electrons. The number of hydrogen-bond acceptors (Lipinski definition) is 6. The first-order chi connectivity index (χ1) is 21.9. The summed E-state index contributed by atoms with van der Waals surface area (Å²) in [4.78, 5) is 9.89. The Kier molecular flexibility index (Phi) is 57.4. The van der Waals surface area contributed by atoms with Crippen LogP contribution in [0.1, 0.15) is 177 Å². The average Bonchev–Trinajstić information content (AvgIpc) is 2.98. The second kappa shape index (κ2) is 45.8. The lowest BCUT2D eigenvalue weighted by Crippen LogP contribution is -2.36. The molecule has 0 aliphatic carbocycles. The van der Waals surface area contributed by atoms with Crippen molar-refractivity contribution in [3.05, 3.63) is 0 Å². The topological polar surface area (TPSA) is 53.4 Å². The first-order valence-corrected chi connectivity index (χ1v) is 20.2. The second-order valence-electron chi connectivity index (χ2n) is 14.1. The molecule has 0 aliphatic rings. The van der Waals surface area contributed by atoms with E-state index in [4.69, 9.17) is 10.2 Å². The second-order valence-corrected chi connectivity index (χ2v) is 14.1. The maximum atomic E-state index is 8.55. The highest BCUT2D eigenvalue weighted by molar-refractivity contribution is 4.65. The number of aliphatic hydroxyl groups excluding tert-OH is 2. The molecule has 6 nitrogen and oxygen atoms in total. The molecular weight excluding hydrogens is 580 g/mol. The Balaban J connectivity index is -0.000000109. The zero-order valence-corrected chi connectivity index (χ0v) is 36.8. The average molecular weight is 679 g/mol. The Morgan fingerprint density at radius 2 is 0.638 bits per heavy atom. The van der Waals surface area contributed by atoms with Crippen LogP contribution in [0.5, 0.6) is 0 Å². The van der Waals surface area contributed by atoms with Crippen LogP contribution in [-0.2, 0) is 0 Å². The fourth-order valence-corrected chi connectivity index (χ4v) is 5.19. The molecule has 0 saturated heterocycles. The molecule has 47 heavy (non-hydrogen) atoms. The number of nitrogens with zero attached hydrogens (tertiary/aromatic N) is 4. The lowest BCUT2D eigenvalue weighted by atomic mass is 10.2. The normalized spacial score (nSPS) is 11.6. The van der Waals surface area contributed by atoms with E-state index >= 15 is 0 Å². The van der Waals surface area contributed by atoms with E-state index in [-0.39, 0.29) is 6.10 Å². The van der Waals surface area contributed by atoms with Crippen LogP contribution in [0.25, 0.3) is 0 Å². The van der Waals surface area contributed by atoms with E-state index in [1.165, 1.54) is 65.0 Å². The van der Waals surface area contributed by atoms with Crippen molar-refractivity contribution in [3.8, 4) is 0 Å². The maximum absolute atomic E-state index is 8.55. The van der Waals surface area contributed by atoms with E-state index in [2.05, 4.69) is 137 Å². The number of aliphatic hydroxyl groups is 2. The van der Waals surface area contributed by atoms with Gasteiger partial charge in [0.15, 0.2) is 0 Å². The van der Waals surface area contributed by atoms with Crippen molar-refractivity contribution in [2.45, 2.75) is 207 Å². The largest absolute Gasteiger partial charge is 0.396 e. The van der Waals surface area contributed by atoms with Crippen molar-refractivity contribution < 1.29 is 10.2 Å². The van der Waals surface area contributed by atoms with Crippen molar-refractivity contribution in [2.24, 2.45) is 5.92 Å². The highest BCUT2D eigenvalue weighted by Crippen LogP contribution is 2.03. The van der Waals surface area contributed by atoms with Gasteiger partial charge in [0.25, 0.3) is 0 Å². The molecule has 0 aliphatic heterocycles. The predicted molar refractivity (Wildman–Crippen MR) is 219 cm³/mol. The molecule has 6 heteroatoms. The fourth-order valence-electron chi connectivity index (χ4n) is 5.19. The molecule has 0 rings (SSSR count). The lowest BCUT2D eigenvalue weighted by Gasteiger charge is -2.28. The first-order valence-electron chi connectivity index (χ1n) is 20.2. The summed E-state index contributed by atoms with van der Waals surface area (Å²) in [6, 6.07) is 2.76. The summed E-state index contributed by atoms with van der Waals surface area (Å²) < 4.78 is 0. The Morgan fingerprint density at radius 1 is 0.404 bits per heavy atom. The predicted octanol–water partition coefficient (Wildman–Crippen LogP) is 10.3. The van der Waals surface area contributed by atoms with E-state index in [0.29, 0.717) is 36.7 Å². The van der Waals surface area contributed by atoms with Crippen LogP contribution in [0.2, 0.25) is 0 Å². The third-order valence-corrected chi connectivity index (χ3v) is 7.51. The molecule has 1 unspecified atom stereocenters. The van der Waals surface area contributed by atoms with E-state index in [1.807, 2.05) is 20.8 Å². The van der Waals surface area contributed by atoms with Crippen LogP contribution < -0.4 is 0 Å². The van der Waals surface area contributed by atoms with Gasteiger partial charge >= 0.3 is 0 Å². The summed E-state index contributed by atoms with van der Waals surface area (Å²) in [5.41, 5.74) is 0. The highest BCUT2D eigenvalue weighted by atomic mass is 16.3. The van der Waals surface area contributed by atoms with Crippen LogP contribution >= 0.6 is 0 Å². The van der Waals surface area contributed by atoms with Gasteiger partial charge in [-0.05, 0) is 153 Å². The molecule has 0 aromatic heterocycles. The third-order valence-electron chi connectivity index (χ3n) is 7.51. The summed E-state index contributed by atoms with van der Waals surface area (Å²) in [7, 11) is 0. The molecule has 0 bridgehead atoms. The molecular formula is C41H98N4O2. The summed E-state index contributed by atoms with van der Waals surface area (Å²) in [6.45, 7) is 53.7. The highest BCUT2D eigenvalue weighted by Gasteiger charge is 2.09. The van der Waals surface area contributed by atoms with Crippen molar-refractivity contribution in [1.29, 1.82) is 0 Å². The van der Waals surface area contributed by atoms with Gasteiger partial charge in [0.1, 0.15) is 0 Å². The van der Waals surface area contributed by atoms with Gasteiger partial charge in [-0.25, -0.2) is 0 Å². The quantitative estimate of drug-likeness (QED) is 0.142. The zero-order chi connectivity index (χ0) is 38.4. The number of hydrogen-bond donors (Lipinski definition) is 2. The summed E-state index contributed by atoms with van der Waals surface area (Å²) in [5, 5.41) is 16.7. The molecule has 2 N–H and O–H groups in total. The molecule has 294 valence electrons.